The fourth-order valence-corrected chi connectivity index (χ4v) is 2.55. The molecule has 100 valence electrons. The Morgan fingerprint density at radius 3 is 2.76 bits per heavy atom. The van der Waals surface area contributed by atoms with Crippen molar-refractivity contribution in [3.8, 4) is 0 Å². The molecule has 4 nitrogen and oxygen atoms in total. The maximum Gasteiger partial charge on any atom is 0.251 e. The Morgan fingerprint density at radius 1 is 1.29 bits per heavy atom. The van der Waals surface area contributed by atoms with Crippen molar-refractivity contribution in [2.75, 3.05) is 26.7 Å². The summed E-state index contributed by atoms with van der Waals surface area (Å²) in [6, 6.07) is 0.460. The van der Waals surface area contributed by atoms with Crippen LogP contribution in [0.3, 0.4) is 0 Å². The Labute approximate surface area is 109 Å². The molecule has 2 saturated heterocycles. The summed E-state index contributed by atoms with van der Waals surface area (Å²) < 4.78 is 5.55. The molecule has 0 aromatic rings. The van der Waals surface area contributed by atoms with Gasteiger partial charge >= 0.3 is 0 Å². The van der Waals surface area contributed by atoms with Gasteiger partial charge in [0.15, 0.2) is 0 Å². The Hall–Kier alpha value is -0.320. The zero-order valence-corrected chi connectivity index (χ0v) is 11.3. The molecule has 2 aliphatic heterocycles. The van der Waals surface area contributed by atoms with Crippen molar-refractivity contribution in [3.05, 3.63) is 0 Å². The fourth-order valence-electron chi connectivity index (χ4n) is 2.55. The molecule has 2 unspecified atom stereocenters. The van der Waals surface area contributed by atoms with Gasteiger partial charge in [-0.25, -0.2) is 0 Å². The highest BCUT2D eigenvalue weighted by atomic mass is 35.5. The minimum Gasteiger partial charge on any atom is -0.368 e. The summed E-state index contributed by atoms with van der Waals surface area (Å²) in [5, 5.41) is 3.26. The Balaban J connectivity index is 0.00000144. The van der Waals surface area contributed by atoms with Gasteiger partial charge in [-0.1, -0.05) is 0 Å². The highest BCUT2D eigenvalue weighted by Gasteiger charge is 2.29. The number of rotatable bonds is 2. The minimum absolute atomic E-state index is 0. The lowest BCUT2D eigenvalue weighted by atomic mass is 10.0. The molecule has 0 aromatic carbocycles. The molecule has 0 spiro atoms. The summed E-state index contributed by atoms with van der Waals surface area (Å²) in [4.78, 5) is 14.2. The predicted octanol–water partition coefficient (Wildman–Crippen LogP) is 1.19. The van der Waals surface area contributed by atoms with E-state index in [0.29, 0.717) is 6.04 Å². The molecule has 0 saturated carbocycles. The Bertz CT molecular complexity index is 245. The standard InChI is InChI=1S/C12H22N2O2.ClH/c1-13-10-5-4-7-14(9-10)12(15)11-6-2-3-8-16-11;/h10-11,13H,2-9H2,1H3;1H. The summed E-state index contributed by atoms with van der Waals surface area (Å²) >= 11 is 0. The molecule has 2 fully saturated rings. The number of hydrogen-bond donors (Lipinski definition) is 1. The van der Waals surface area contributed by atoms with Crippen LogP contribution in [-0.2, 0) is 9.53 Å². The minimum atomic E-state index is -0.163. The van der Waals surface area contributed by atoms with Crippen LogP contribution in [0, 0.1) is 0 Å². The van der Waals surface area contributed by atoms with Crippen molar-refractivity contribution in [3.63, 3.8) is 0 Å². The van der Waals surface area contributed by atoms with Gasteiger partial charge in [0.2, 0.25) is 0 Å². The van der Waals surface area contributed by atoms with Crippen LogP contribution in [0.2, 0.25) is 0 Å². The summed E-state index contributed by atoms with van der Waals surface area (Å²) in [6.07, 6.45) is 5.24. The van der Waals surface area contributed by atoms with Crippen LogP contribution in [0.4, 0.5) is 0 Å². The zero-order valence-electron chi connectivity index (χ0n) is 10.5. The number of carbonyl (C=O) groups excluding carboxylic acids is 1. The van der Waals surface area contributed by atoms with Gasteiger partial charge in [-0.2, -0.15) is 0 Å². The van der Waals surface area contributed by atoms with Gasteiger partial charge in [-0.3, -0.25) is 4.79 Å². The monoisotopic (exact) mass is 262 g/mol. The van der Waals surface area contributed by atoms with E-state index in [9.17, 15) is 4.79 Å². The first-order chi connectivity index (χ1) is 7.81. The molecule has 5 heteroatoms. The van der Waals surface area contributed by atoms with Crippen LogP contribution in [0.25, 0.3) is 0 Å². The van der Waals surface area contributed by atoms with Crippen molar-refractivity contribution in [2.45, 2.75) is 44.2 Å². The summed E-state index contributed by atoms with van der Waals surface area (Å²) in [6.45, 7) is 2.49. The number of piperidine rings is 1. The van der Waals surface area contributed by atoms with E-state index in [1.54, 1.807) is 0 Å². The largest absolute Gasteiger partial charge is 0.368 e. The number of likely N-dealkylation sites (tertiary alicyclic amines) is 1. The third kappa shape index (κ3) is 3.83. The molecule has 0 aliphatic carbocycles. The molecule has 1 amide bonds. The molecule has 0 bridgehead atoms. The first-order valence-electron chi connectivity index (χ1n) is 6.39. The van der Waals surface area contributed by atoms with Gasteiger partial charge < -0.3 is 15.0 Å². The van der Waals surface area contributed by atoms with Gasteiger partial charge in [-0.05, 0) is 39.2 Å². The van der Waals surface area contributed by atoms with Crippen molar-refractivity contribution in [1.82, 2.24) is 10.2 Å². The van der Waals surface area contributed by atoms with E-state index in [0.717, 1.165) is 45.4 Å². The predicted molar refractivity (Wildman–Crippen MR) is 69.5 cm³/mol. The first kappa shape index (κ1) is 14.7. The number of hydrogen-bond acceptors (Lipinski definition) is 3. The van der Waals surface area contributed by atoms with Gasteiger partial charge in [0.1, 0.15) is 6.10 Å². The topological polar surface area (TPSA) is 41.6 Å². The van der Waals surface area contributed by atoms with Crippen LogP contribution in [0.1, 0.15) is 32.1 Å². The molecule has 2 aliphatic rings. The lowest BCUT2D eigenvalue weighted by Gasteiger charge is -2.35. The highest BCUT2D eigenvalue weighted by molar-refractivity contribution is 5.85. The number of halogens is 1. The van der Waals surface area contributed by atoms with Gasteiger partial charge in [0.25, 0.3) is 5.91 Å². The van der Waals surface area contributed by atoms with Crippen LogP contribution in [0.15, 0.2) is 0 Å². The normalized spacial score (nSPS) is 29.6. The van der Waals surface area contributed by atoms with E-state index in [1.807, 2.05) is 11.9 Å². The van der Waals surface area contributed by atoms with Crippen LogP contribution >= 0.6 is 12.4 Å². The molecule has 1 N–H and O–H groups in total. The van der Waals surface area contributed by atoms with Gasteiger partial charge in [0.05, 0.1) is 0 Å². The van der Waals surface area contributed by atoms with Crippen LogP contribution in [-0.4, -0.2) is 49.7 Å². The number of nitrogens with one attached hydrogen (secondary N) is 1. The van der Waals surface area contributed by atoms with Gasteiger partial charge in [0, 0.05) is 25.7 Å². The average Bonchev–Trinajstić information content (AvgIpc) is 2.39. The van der Waals surface area contributed by atoms with Gasteiger partial charge in [-0.15, -0.1) is 12.4 Å². The van der Waals surface area contributed by atoms with E-state index >= 15 is 0 Å². The van der Waals surface area contributed by atoms with E-state index in [-0.39, 0.29) is 24.4 Å². The molecular formula is C12H23ClN2O2. The van der Waals surface area contributed by atoms with E-state index in [1.165, 1.54) is 6.42 Å². The maximum atomic E-state index is 12.2. The van der Waals surface area contributed by atoms with Crippen LogP contribution < -0.4 is 5.32 Å². The SMILES string of the molecule is CNC1CCCN(C(=O)C2CCCCO2)C1.Cl. The number of amides is 1. The van der Waals surface area contributed by atoms with E-state index < -0.39 is 0 Å². The molecule has 2 atom stereocenters. The second-order valence-electron chi connectivity index (χ2n) is 4.77. The molecular weight excluding hydrogens is 240 g/mol. The van der Waals surface area contributed by atoms with Crippen molar-refractivity contribution < 1.29 is 9.53 Å². The highest BCUT2D eigenvalue weighted by Crippen LogP contribution is 2.18. The van der Waals surface area contributed by atoms with Crippen LogP contribution in [0.5, 0.6) is 0 Å². The number of carbonyl (C=O) groups is 1. The zero-order chi connectivity index (χ0) is 11.4. The number of likely N-dealkylation sites (N-methyl/N-ethyl adjacent to an activating group) is 1. The summed E-state index contributed by atoms with van der Waals surface area (Å²) in [7, 11) is 1.97. The fraction of sp³-hybridized carbons (Fsp3) is 0.917. The van der Waals surface area contributed by atoms with E-state index in [2.05, 4.69) is 5.32 Å². The molecule has 17 heavy (non-hydrogen) atoms. The Kier molecular flexibility index (Phi) is 6.23. The van der Waals surface area contributed by atoms with E-state index in [4.69, 9.17) is 4.74 Å². The third-order valence-electron chi connectivity index (χ3n) is 3.60. The van der Waals surface area contributed by atoms with Crippen molar-refractivity contribution in [1.29, 1.82) is 0 Å². The second-order valence-corrected chi connectivity index (χ2v) is 4.77. The lowest BCUT2D eigenvalue weighted by molar-refractivity contribution is -0.147. The molecule has 2 rings (SSSR count). The summed E-state index contributed by atoms with van der Waals surface area (Å²) in [5.41, 5.74) is 0. The first-order valence-corrected chi connectivity index (χ1v) is 6.39. The molecule has 0 aromatic heterocycles. The molecule has 0 radical (unpaired) electrons. The van der Waals surface area contributed by atoms with Crippen molar-refractivity contribution >= 4 is 18.3 Å². The average molecular weight is 263 g/mol. The lowest BCUT2D eigenvalue weighted by Crippen LogP contribution is -2.50. The quantitative estimate of drug-likeness (QED) is 0.813. The number of ether oxygens (including phenoxy) is 1. The number of nitrogens with zero attached hydrogens (tertiary/aromatic N) is 1. The maximum absolute atomic E-state index is 12.2. The molecule has 2 heterocycles. The third-order valence-corrected chi connectivity index (χ3v) is 3.60. The summed E-state index contributed by atoms with van der Waals surface area (Å²) in [5.74, 6) is 0.208. The van der Waals surface area contributed by atoms with Crippen molar-refractivity contribution in [2.24, 2.45) is 0 Å². The Morgan fingerprint density at radius 2 is 2.12 bits per heavy atom. The smallest absolute Gasteiger partial charge is 0.251 e. The second kappa shape index (κ2) is 7.19.